The zero-order chi connectivity index (χ0) is 13.1. The molecule has 0 bridgehead atoms. The van der Waals surface area contributed by atoms with Crippen molar-refractivity contribution in [3.05, 3.63) is 18.5 Å². The molecular weight excluding hydrogens is 252 g/mol. The van der Waals surface area contributed by atoms with Crippen molar-refractivity contribution in [1.29, 1.82) is 0 Å². The maximum absolute atomic E-state index is 12.0. The van der Waals surface area contributed by atoms with Crippen molar-refractivity contribution in [2.24, 2.45) is 5.41 Å². The quantitative estimate of drug-likeness (QED) is 0.754. The van der Waals surface area contributed by atoms with Crippen LogP contribution in [0, 0.1) is 5.41 Å². The zero-order valence-corrected chi connectivity index (χ0v) is 11.2. The van der Waals surface area contributed by atoms with Gasteiger partial charge in [-0.05, 0) is 18.9 Å². The average molecular weight is 272 g/mol. The summed E-state index contributed by atoms with van der Waals surface area (Å²) in [5.41, 5.74) is -0.276. The molecule has 0 radical (unpaired) electrons. The van der Waals surface area contributed by atoms with E-state index < -0.39 is 10.0 Å². The molecule has 1 aliphatic carbocycles. The fourth-order valence-corrected chi connectivity index (χ4v) is 3.63. The zero-order valence-electron chi connectivity index (χ0n) is 10.4. The summed E-state index contributed by atoms with van der Waals surface area (Å²) in [7, 11) is -3.46. The summed E-state index contributed by atoms with van der Waals surface area (Å²) >= 11 is 0. The standard InChI is InChI=1S/C12H20N2O3S/c15-10-12(5-2-1-3-6-12)9-14-18(16,17)11-4-7-13-8-11/h4,7-8,13-15H,1-3,5-6,9-10H2. The van der Waals surface area contributed by atoms with E-state index in [1.165, 1.54) is 18.7 Å². The van der Waals surface area contributed by atoms with Crippen LogP contribution >= 0.6 is 0 Å². The van der Waals surface area contributed by atoms with E-state index >= 15 is 0 Å². The molecular formula is C12H20N2O3S. The Morgan fingerprint density at radius 3 is 2.61 bits per heavy atom. The van der Waals surface area contributed by atoms with Crippen molar-refractivity contribution in [1.82, 2.24) is 9.71 Å². The molecule has 1 aliphatic rings. The van der Waals surface area contributed by atoms with Crippen LogP contribution in [0.2, 0.25) is 0 Å². The number of aromatic nitrogens is 1. The van der Waals surface area contributed by atoms with Crippen LogP contribution in [0.25, 0.3) is 0 Å². The molecule has 18 heavy (non-hydrogen) atoms. The minimum absolute atomic E-state index is 0.0443. The first-order valence-corrected chi connectivity index (χ1v) is 7.80. The van der Waals surface area contributed by atoms with Crippen LogP contribution < -0.4 is 4.72 Å². The Kier molecular flexibility index (Phi) is 4.09. The monoisotopic (exact) mass is 272 g/mol. The summed E-state index contributed by atoms with van der Waals surface area (Å²) in [6.45, 7) is 0.361. The molecule has 0 aliphatic heterocycles. The van der Waals surface area contributed by atoms with E-state index in [0.717, 1.165) is 25.7 Å². The molecule has 3 N–H and O–H groups in total. The topological polar surface area (TPSA) is 82.2 Å². The molecule has 0 amide bonds. The van der Waals surface area contributed by atoms with Crippen molar-refractivity contribution in [3.63, 3.8) is 0 Å². The van der Waals surface area contributed by atoms with Gasteiger partial charge in [0.1, 0.15) is 0 Å². The summed E-state index contributed by atoms with van der Waals surface area (Å²) < 4.78 is 26.6. The maximum Gasteiger partial charge on any atom is 0.242 e. The highest BCUT2D eigenvalue weighted by Crippen LogP contribution is 2.35. The van der Waals surface area contributed by atoms with Crippen LogP contribution in [0.15, 0.2) is 23.4 Å². The lowest BCUT2D eigenvalue weighted by molar-refractivity contribution is 0.0867. The Hall–Kier alpha value is -0.850. The van der Waals surface area contributed by atoms with Gasteiger partial charge in [0.2, 0.25) is 10.0 Å². The predicted octanol–water partition coefficient (Wildman–Crippen LogP) is 1.24. The molecule has 0 aromatic carbocycles. The van der Waals surface area contributed by atoms with E-state index in [2.05, 4.69) is 9.71 Å². The molecule has 0 atom stereocenters. The first kappa shape index (κ1) is 13.6. The Morgan fingerprint density at radius 2 is 2.06 bits per heavy atom. The molecule has 102 valence electrons. The lowest BCUT2D eigenvalue weighted by Gasteiger charge is -2.35. The smallest absolute Gasteiger partial charge is 0.242 e. The molecule has 1 heterocycles. The number of hydrogen-bond acceptors (Lipinski definition) is 3. The van der Waals surface area contributed by atoms with Gasteiger partial charge >= 0.3 is 0 Å². The molecule has 1 aromatic rings. The summed E-state index contributed by atoms with van der Waals surface area (Å²) in [4.78, 5) is 2.97. The van der Waals surface area contributed by atoms with Crippen molar-refractivity contribution in [2.75, 3.05) is 13.2 Å². The molecule has 1 aromatic heterocycles. The fraction of sp³-hybridized carbons (Fsp3) is 0.667. The van der Waals surface area contributed by atoms with Crippen LogP contribution in [0.3, 0.4) is 0 Å². The Bertz CT molecular complexity index is 462. The van der Waals surface area contributed by atoms with E-state index in [9.17, 15) is 13.5 Å². The highest BCUT2D eigenvalue weighted by Gasteiger charge is 2.32. The van der Waals surface area contributed by atoms with E-state index in [1.54, 1.807) is 6.20 Å². The number of H-pyrrole nitrogens is 1. The molecule has 0 unspecified atom stereocenters. The summed E-state index contributed by atoms with van der Waals surface area (Å²) in [6.07, 6.45) is 8.11. The Balaban J connectivity index is 2.02. The second kappa shape index (κ2) is 5.42. The summed E-state index contributed by atoms with van der Waals surface area (Å²) in [5.74, 6) is 0. The number of sulfonamides is 1. The van der Waals surface area contributed by atoms with E-state index in [4.69, 9.17) is 0 Å². The van der Waals surface area contributed by atoms with Gasteiger partial charge in [0, 0.05) is 31.0 Å². The number of nitrogens with one attached hydrogen (secondary N) is 2. The van der Waals surface area contributed by atoms with Gasteiger partial charge in [-0.15, -0.1) is 0 Å². The molecule has 1 saturated carbocycles. The minimum Gasteiger partial charge on any atom is -0.396 e. The molecule has 5 nitrogen and oxygen atoms in total. The fourth-order valence-electron chi connectivity index (χ4n) is 2.50. The predicted molar refractivity (Wildman–Crippen MR) is 68.6 cm³/mol. The summed E-state index contributed by atoms with van der Waals surface area (Å²) in [5, 5.41) is 9.53. The van der Waals surface area contributed by atoms with Crippen LogP contribution in [0.1, 0.15) is 32.1 Å². The molecule has 2 rings (SSSR count). The van der Waals surface area contributed by atoms with Gasteiger partial charge < -0.3 is 10.1 Å². The van der Waals surface area contributed by atoms with E-state index in [0.29, 0.717) is 6.54 Å². The van der Waals surface area contributed by atoms with Crippen molar-refractivity contribution in [3.8, 4) is 0 Å². The van der Waals surface area contributed by atoms with Crippen LogP contribution in [-0.4, -0.2) is 31.7 Å². The van der Waals surface area contributed by atoms with Crippen LogP contribution in [-0.2, 0) is 10.0 Å². The third kappa shape index (κ3) is 2.93. The maximum atomic E-state index is 12.0. The number of aliphatic hydroxyl groups excluding tert-OH is 1. The lowest BCUT2D eigenvalue weighted by Crippen LogP contribution is -2.41. The largest absolute Gasteiger partial charge is 0.396 e. The first-order chi connectivity index (χ1) is 8.58. The van der Waals surface area contributed by atoms with E-state index in [1.807, 2.05) is 0 Å². The highest BCUT2D eigenvalue weighted by atomic mass is 32.2. The number of hydrogen-bond donors (Lipinski definition) is 3. The second-order valence-electron chi connectivity index (χ2n) is 5.09. The number of aliphatic hydroxyl groups is 1. The third-order valence-electron chi connectivity index (χ3n) is 3.77. The van der Waals surface area contributed by atoms with Gasteiger partial charge in [-0.1, -0.05) is 19.3 Å². The van der Waals surface area contributed by atoms with Crippen LogP contribution in [0.5, 0.6) is 0 Å². The van der Waals surface area contributed by atoms with Crippen molar-refractivity contribution < 1.29 is 13.5 Å². The molecule has 6 heteroatoms. The Morgan fingerprint density at radius 1 is 1.33 bits per heavy atom. The van der Waals surface area contributed by atoms with Gasteiger partial charge in [-0.2, -0.15) is 0 Å². The molecule has 1 fully saturated rings. The average Bonchev–Trinajstić information content (AvgIpc) is 2.92. The molecule has 0 spiro atoms. The summed E-state index contributed by atoms with van der Waals surface area (Å²) in [6, 6.07) is 1.52. The van der Waals surface area contributed by atoms with Gasteiger partial charge in [0.05, 0.1) is 4.90 Å². The minimum atomic E-state index is -3.46. The van der Waals surface area contributed by atoms with Gasteiger partial charge in [-0.25, -0.2) is 13.1 Å². The lowest BCUT2D eigenvalue weighted by atomic mass is 9.75. The first-order valence-electron chi connectivity index (χ1n) is 6.31. The normalized spacial score (nSPS) is 19.8. The number of aromatic amines is 1. The van der Waals surface area contributed by atoms with Crippen LogP contribution in [0.4, 0.5) is 0 Å². The van der Waals surface area contributed by atoms with Crippen molar-refractivity contribution >= 4 is 10.0 Å². The van der Waals surface area contributed by atoms with Crippen molar-refractivity contribution in [2.45, 2.75) is 37.0 Å². The van der Waals surface area contributed by atoms with E-state index in [-0.39, 0.29) is 16.9 Å². The van der Waals surface area contributed by atoms with Gasteiger partial charge in [0.25, 0.3) is 0 Å². The second-order valence-corrected chi connectivity index (χ2v) is 6.86. The Labute approximate surface area is 108 Å². The SMILES string of the molecule is O=S(=O)(NCC1(CO)CCCCC1)c1cc[nH]c1. The highest BCUT2D eigenvalue weighted by molar-refractivity contribution is 7.89. The van der Waals surface area contributed by atoms with Gasteiger partial charge in [-0.3, -0.25) is 0 Å². The molecule has 0 saturated heterocycles. The third-order valence-corrected chi connectivity index (χ3v) is 5.17. The number of rotatable bonds is 5. The van der Waals surface area contributed by atoms with Gasteiger partial charge in [0.15, 0.2) is 0 Å².